The Balaban J connectivity index is 2.47. The van der Waals surface area contributed by atoms with Gasteiger partial charge in [0.25, 0.3) is 0 Å². The minimum absolute atomic E-state index is 0.132. The fourth-order valence-corrected chi connectivity index (χ4v) is 1.33. The first-order valence-electron chi connectivity index (χ1n) is 4.63. The Morgan fingerprint density at radius 1 is 1.38 bits per heavy atom. The van der Waals surface area contributed by atoms with Gasteiger partial charge in [-0.15, -0.1) is 0 Å². The number of rotatable bonds is 3. The van der Waals surface area contributed by atoms with Crippen molar-refractivity contribution in [3.05, 3.63) is 30.6 Å². The molecule has 0 aliphatic carbocycles. The monoisotopic (exact) mass is 219 g/mol. The molecular formula is C9H10BN3O3. The third kappa shape index (κ3) is 1.90. The van der Waals surface area contributed by atoms with E-state index in [1.807, 2.05) is 0 Å². The largest absolute Gasteiger partial charge is 0.508 e. The van der Waals surface area contributed by atoms with Crippen molar-refractivity contribution in [1.82, 2.24) is 14.8 Å². The lowest BCUT2D eigenvalue weighted by Gasteiger charge is -2.08. The van der Waals surface area contributed by atoms with Crippen LogP contribution in [0.4, 0.5) is 0 Å². The second-order valence-electron chi connectivity index (χ2n) is 3.09. The number of ether oxygens (including phenoxy) is 1. The summed E-state index contributed by atoms with van der Waals surface area (Å²) in [5, 5.41) is 22.0. The van der Waals surface area contributed by atoms with Crippen LogP contribution in [0.1, 0.15) is 0 Å². The van der Waals surface area contributed by atoms with E-state index >= 15 is 0 Å². The first kappa shape index (κ1) is 10.7. The van der Waals surface area contributed by atoms with E-state index in [1.165, 1.54) is 13.2 Å². The van der Waals surface area contributed by atoms with E-state index < -0.39 is 7.12 Å². The van der Waals surface area contributed by atoms with Crippen molar-refractivity contribution >= 4 is 12.7 Å². The number of nitrogens with zero attached hydrogens (tertiary/aromatic N) is 3. The van der Waals surface area contributed by atoms with Crippen LogP contribution in [-0.4, -0.2) is 39.0 Å². The van der Waals surface area contributed by atoms with Crippen LogP contribution in [0.3, 0.4) is 0 Å². The molecule has 0 fully saturated rings. The molecule has 2 aromatic heterocycles. The molecule has 0 atom stereocenters. The number of methoxy groups -OCH3 is 1. The fourth-order valence-electron chi connectivity index (χ4n) is 1.33. The molecule has 0 aromatic carbocycles. The molecule has 0 saturated heterocycles. The molecule has 0 saturated carbocycles. The number of hydrogen-bond acceptors (Lipinski definition) is 5. The molecule has 7 heteroatoms. The van der Waals surface area contributed by atoms with Crippen LogP contribution >= 0.6 is 0 Å². The quantitative estimate of drug-likeness (QED) is 0.644. The van der Waals surface area contributed by atoms with E-state index in [0.717, 1.165) is 0 Å². The van der Waals surface area contributed by atoms with Crippen LogP contribution in [0.15, 0.2) is 30.6 Å². The summed E-state index contributed by atoms with van der Waals surface area (Å²) in [5.41, 5.74) is 0.768. The summed E-state index contributed by atoms with van der Waals surface area (Å²) in [6.07, 6.45) is 3.38. The Labute approximate surface area is 92.3 Å². The van der Waals surface area contributed by atoms with Gasteiger partial charge in [0.15, 0.2) is 0 Å². The molecular weight excluding hydrogens is 209 g/mol. The first-order valence-corrected chi connectivity index (χ1v) is 4.63. The molecule has 0 bridgehead atoms. The van der Waals surface area contributed by atoms with E-state index in [0.29, 0.717) is 5.69 Å². The van der Waals surface area contributed by atoms with Gasteiger partial charge < -0.3 is 14.8 Å². The average Bonchev–Trinajstić information content (AvgIpc) is 2.81. The van der Waals surface area contributed by atoms with Crippen molar-refractivity contribution in [2.75, 3.05) is 7.11 Å². The van der Waals surface area contributed by atoms with Crippen molar-refractivity contribution in [1.29, 1.82) is 0 Å². The van der Waals surface area contributed by atoms with Crippen LogP contribution in [0.5, 0.6) is 5.88 Å². The molecule has 0 amide bonds. The highest BCUT2D eigenvalue weighted by Gasteiger charge is 2.16. The van der Waals surface area contributed by atoms with Crippen LogP contribution < -0.4 is 10.3 Å². The van der Waals surface area contributed by atoms with Gasteiger partial charge in [-0.2, -0.15) is 5.10 Å². The molecule has 2 aromatic rings. The Morgan fingerprint density at radius 3 is 2.75 bits per heavy atom. The topological polar surface area (TPSA) is 80.4 Å². The van der Waals surface area contributed by atoms with Gasteiger partial charge in [0.1, 0.15) is 5.69 Å². The zero-order chi connectivity index (χ0) is 11.5. The highest BCUT2D eigenvalue weighted by molar-refractivity contribution is 6.57. The zero-order valence-corrected chi connectivity index (χ0v) is 8.61. The van der Waals surface area contributed by atoms with Gasteiger partial charge in [0.2, 0.25) is 5.88 Å². The van der Waals surface area contributed by atoms with E-state index in [1.54, 1.807) is 29.2 Å². The van der Waals surface area contributed by atoms with Gasteiger partial charge in [0, 0.05) is 12.4 Å². The number of aromatic nitrogens is 3. The summed E-state index contributed by atoms with van der Waals surface area (Å²) in [6, 6.07) is 4.94. The lowest BCUT2D eigenvalue weighted by Crippen LogP contribution is -2.33. The average molecular weight is 219 g/mol. The van der Waals surface area contributed by atoms with E-state index in [2.05, 4.69) is 10.1 Å². The van der Waals surface area contributed by atoms with Crippen LogP contribution in [0, 0.1) is 0 Å². The Bertz CT molecular complexity index is 473. The molecule has 0 radical (unpaired) electrons. The third-order valence-electron chi connectivity index (χ3n) is 2.07. The molecule has 0 aliphatic heterocycles. The Hall–Kier alpha value is -1.86. The number of pyridine rings is 1. The van der Waals surface area contributed by atoms with Gasteiger partial charge in [0.05, 0.1) is 12.7 Å². The lowest BCUT2D eigenvalue weighted by atomic mass is 9.86. The summed E-state index contributed by atoms with van der Waals surface area (Å²) < 4.78 is 6.65. The molecule has 82 valence electrons. The highest BCUT2D eigenvalue weighted by atomic mass is 16.5. The minimum Gasteiger partial charge on any atom is -0.479 e. The summed E-state index contributed by atoms with van der Waals surface area (Å²) in [6.45, 7) is 0. The molecule has 2 N–H and O–H groups in total. The van der Waals surface area contributed by atoms with Crippen molar-refractivity contribution in [3.63, 3.8) is 0 Å². The predicted molar refractivity (Wildman–Crippen MR) is 57.7 cm³/mol. The number of hydrogen-bond donors (Lipinski definition) is 2. The van der Waals surface area contributed by atoms with E-state index in [9.17, 15) is 0 Å². The van der Waals surface area contributed by atoms with Crippen LogP contribution in [0.25, 0.3) is 5.69 Å². The van der Waals surface area contributed by atoms with Crippen LogP contribution in [0.2, 0.25) is 0 Å². The summed E-state index contributed by atoms with van der Waals surface area (Å²) >= 11 is 0. The maximum absolute atomic E-state index is 8.98. The molecule has 16 heavy (non-hydrogen) atoms. The normalized spacial score (nSPS) is 10.2. The maximum Gasteiger partial charge on any atom is 0.508 e. The maximum atomic E-state index is 8.98. The first-order chi connectivity index (χ1) is 7.72. The predicted octanol–water partition coefficient (Wildman–Crippen LogP) is -1.04. The third-order valence-corrected chi connectivity index (χ3v) is 2.07. The summed E-state index contributed by atoms with van der Waals surface area (Å²) in [7, 11) is -0.149. The lowest BCUT2D eigenvalue weighted by molar-refractivity contribution is 0.392. The zero-order valence-electron chi connectivity index (χ0n) is 8.61. The molecule has 2 heterocycles. The van der Waals surface area contributed by atoms with Gasteiger partial charge in [-0.3, -0.25) is 0 Å². The van der Waals surface area contributed by atoms with Gasteiger partial charge in [-0.1, -0.05) is 0 Å². The van der Waals surface area contributed by atoms with E-state index in [4.69, 9.17) is 14.8 Å². The summed E-state index contributed by atoms with van der Waals surface area (Å²) in [4.78, 5) is 3.96. The smallest absolute Gasteiger partial charge is 0.479 e. The standard InChI is InChI=1S/C9H10BN3O3/c1-16-9-7(13-6-2-5-11-13)3-4-8(12-9)10(14)15/h2-6,14-15H,1H3. The van der Waals surface area contributed by atoms with Crippen molar-refractivity contribution in [2.24, 2.45) is 0 Å². The van der Waals surface area contributed by atoms with Gasteiger partial charge in [-0.25, -0.2) is 9.67 Å². The molecule has 2 rings (SSSR count). The van der Waals surface area contributed by atoms with Crippen molar-refractivity contribution in [3.8, 4) is 11.6 Å². The van der Waals surface area contributed by atoms with E-state index in [-0.39, 0.29) is 11.5 Å². The molecule has 0 spiro atoms. The minimum atomic E-state index is -1.61. The second-order valence-corrected chi connectivity index (χ2v) is 3.09. The summed E-state index contributed by atoms with van der Waals surface area (Å²) in [5.74, 6) is 0.286. The van der Waals surface area contributed by atoms with Crippen molar-refractivity contribution < 1.29 is 14.8 Å². The van der Waals surface area contributed by atoms with Crippen LogP contribution in [-0.2, 0) is 0 Å². The molecule has 6 nitrogen and oxygen atoms in total. The fraction of sp³-hybridized carbons (Fsp3) is 0.111. The second kappa shape index (κ2) is 4.34. The molecule has 0 unspecified atom stereocenters. The van der Waals surface area contributed by atoms with Gasteiger partial charge in [-0.05, 0) is 18.2 Å². The van der Waals surface area contributed by atoms with Gasteiger partial charge >= 0.3 is 7.12 Å². The highest BCUT2D eigenvalue weighted by Crippen LogP contribution is 2.16. The molecule has 0 aliphatic rings. The Morgan fingerprint density at radius 2 is 2.19 bits per heavy atom. The SMILES string of the molecule is COc1nc(B(O)O)ccc1-n1cccn1. The van der Waals surface area contributed by atoms with Crippen molar-refractivity contribution in [2.45, 2.75) is 0 Å². The Kier molecular flexibility index (Phi) is 2.89.